The quantitative estimate of drug-likeness (QED) is 0.479. The van der Waals surface area contributed by atoms with Gasteiger partial charge in [0.2, 0.25) is 0 Å². The van der Waals surface area contributed by atoms with Crippen molar-refractivity contribution < 1.29 is 0 Å². The lowest BCUT2D eigenvalue weighted by molar-refractivity contribution is 0.822. The van der Waals surface area contributed by atoms with Gasteiger partial charge in [-0.15, -0.1) is 0 Å². The summed E-state index contributed by atoms with van der Waals surface area (Å²) in [5.74, 6) is 1.70. The lowest BCUT2D eigenvalue weighted by Crippen LogP contribution is -1.76. The van der Waals surface area contributed by atoms with E-state index in [2.05, 4.69) is 26.0 Å². The Morgan fingerprint density at radius 1 is 1.38 bits per heavy atom. The normalized spacial score (nSPS) is 20.9. The highest BCUT2D eigenvalue weighted by atomic mass is 14.2. The van der Waals surface area contributed by atoms with E-state index in [1.165, 1.54) is 12.8 Å². The predicted molar refractivity (Wildman–Crippen MR) is 36.7 cm³/mol. The first-order valence-electron chi connectivity index (χ1n) is 3.47. The number of hydrogen-bond acceptors (Lipinski definition) is 0. The highest BCUT2D eigenvalue weighted by Crippen LogP contribution is 2.30. The first kappa shape index (κ1) is 5.87. The van der Waals surface area contributed by atoms with Crippen molar-refractivity contribution in [2.75, 3.05) is 0 Å². The van der Waals surface area contributed by atoms with E-state index in [9.17, 15) is 0 Å². The first-order valence-corrected chi connectivity index (χ1v) is 3.47. The lowest BCUT2D eigenvalue weighted by atomic mass is 10.2. The Morgan fingerprint density at radius 2 is 2.00 bits per heavy atom. The minimum absolute atomic E-state index is 0.746. The van der Waals surface area contributed by atoms with Gasteiger partial charge in [0, 0.05) is 0 Å². The molecule has 0 aromatic heterocycles. The van der Waals surface area contributed by atoms with Gasteiger partial charge < -0.3 is 0 Å². The van der Waals surface area contributed by atoms with Crippen molar-refractivity contribution in [3.05, 3.63) is 12.2 Å². The molecule has 0 aromatic rings. The van der Waals surface area contributed by atoms with Gasteiger partial charge in [0.15, 0.2) is 0 Å². The highest BCUT2D eigenvalue weighted by Gasteiger charge is 2.16. The van der Waals surface area contributed by atoms with Gasteiger partial charge in [0.1, 0.15) is 0 Å². The van der Waals surface area contributed by atoms with Crippen LogP contribution in [0.1, 0.15) is 26.7 Å². The molecule has 0 spiro atoms. The summed E-state index contributed by atoms with van der Waals surface area (Å²) in [6.07, 6.45) is 7.52. The molecule has 1 aliphatic carbocycles. The maximum atomic E-state index is 2.35. The van der Waals surface area contributed by atoms with Gasteiger partial charge in [-0.2, -0.15) is 0 Å². The molecule has 0 saturated heterocycles. The Balaban J connectivity index is 2.13. The zero-order valence-corrected chi connectivity index (χ0v) is 5.72. The van der Waals surface area contributed by atoms with Crippen LogP contribution in [0, 0.1) is 11.8 Å². The van der Waals surface area contributed by atoms with Crippen LogP contribution in [0.5, 0.6) is 0 Å². The van der Waals surface area contributed by atoms with Crippen LogP contribution in [-0.4, -0.2) is 0 Å². The summed E-state index contributed by atoms with van der Waals surface area (Å²) < 4.78 is 0. The molecule has 0 aromatic carbocycles. The molecule has 1 rings (SSSR count). The maximum Gasteiger partial charge on any atom is -0.0233 e. The molecule has 0 bridgehead atoms. The smallest absolute Gasteiger partial charge is 0.0233 e. The molecule has 1 aliphatic rings. The molecule has 0 unspecified atom stereocenters. The van der Waals surface area contributed by atoms with Crippen LogP contribution in [0.4, 0.5) is 0 Å². The lowest BCUT2D eigenvalue weighted by Gasteiger charge is -1.89. The Labute approximate surface area is 51.6 Å². The van der Waals surface area contributed by atoms with E-state index in [4.69, 9.17) is 0 Å². The van der Waals surface area contributed by atoms with E-state index in [-0.39, 0.29) is 0 Å². The van der Waals surface area contributed by atoms with Crippen molar-refractivity contribution in [1.29, 1.82) is 0 Å². The molecule has 0 radical (unpaired) electrons. The van der Waals surface area contributed by atoms with Crippen LogP contribution in [0.2, 0.25) is 0 Å². The SMILES string of the molecule is CC(C)C=CC1CC1. The van der Waals surface area contributed by atoms with Crippen LogP contribution >= 0.6 is 0 Å². The summed E-state index contributed by atoms with van der Waals surface area (Å²) in [5.41, 5.74) is 0. The molecule has 0 heteroatoms. The fourth-order valence-electron chi connectivity index (χ4n) is 0.668. The van der Waals surface area contributed by atoms with Gasteiger partial charge in [-0.25, -0.2) is 0 Å². The van der Waals surface area contributed by atoms with E-state index in [1.807, 2.05) is 0 Å². The molecule has 0 amide bonds. The topological polar surface area (TPSA) is 0 Å². The Hall–Kier alpha value is -0.260. The minimum Gasteiger partial charge on any atom is -0.0857 e. The molecule has 0 atom stereocenters. The summed E-state index contributed by atoms with van der Waals surface area (Å²) in [7, 11) is 0. The van der Waals surface area contributed by atoms with E-state index < -0.39 is 0 Å². The van der Waals surface area contributed by atoms with E-state index in [1.54, 1.807) is 0 Å². The minimum atomic E-state index is 0.746. The average Bonchev–Trinajstić information content (AvgIpc) is 2.41. The predicted octanol–water partition coefficient (Wildman–Crippen LogP) is 2.61. The highest BCUT2D eigenvalue weighted by molar-refractivity contribution is 4.96. The van der Waals surface area contributed by atoms with E-state index in [0.717, 1.165) is 11.8 Å². The second-order valence-corrected chi connectivity index (χ2v) is 2.97. The van der Waals surface area contributed by atoms with Crippen LogP contribution < -0.4 is 0 Å². The molecular formula is C8H14. The number of rotatable bonds is 2. The maximum absolute atomic E-state index is 2.35. The number of hydrogen-bond donors (Lipinski definition) is 0. The van der Waals surface area contributed by atoms with Crippen molar-refractivity contribution in [3.8, 4) is 0 Å². The molecule has 46 valence electrons. The van der Waals surface area contributed by atoms with Crippen molar-refractivity contribution >= 4 is 0 Å². The molecule has 0 nitrogen and oxygen atoms in total. The van der Waals surface area contributed by atoms with Crippen LogP contribution in [0.3, 0.4) is 0 Å². The average molecular weight is 110 g/mol. The van der Waals surface area contributed by atoms with E-state index in [0.29, 0.717) is 0 Å². The summed E-state index contributed by atoms with van der Waals surface area (Å²) in [4.78, 5) is 0. The number of allylic oxidation sites excluding steroid dienone is 2. The molecular weight excluding hydrogens is 96.1 g/mol. The third kappa shape index (κ3) is 2.15. The van der Waals surface area contributed by atoms with Gasteiger partial charge in [-0.3, -0.25) is 0 Å². The van der Waals surface area contributed by atoms with Crippen molar-refractivity contribution in [2.45, 2.75) is 26.7 Å². The summed E-state index contributed by atoms with van der Waals surface area (Å²) in [5, 5.41) is 0. The Bertz CT molecular complexity index is 82.2. The standard InChI is InChI=1S/C8H14/c1-7(2)3-4-8-5-6-8/h3-4,7-8H,5-6H2,1-2H3. The zero-order chi connectivity index (χ0) is 5.98. The van der Waals surface area contributed by atoms with Gasteiger partial charge in [-0.1, -0.05) is 26.0 Å². The molecule has 1 fully saturated rings. The molecule has 0 aliphatic heterocycles. The van der Waals surface area contributed by atoms with Crippen molar-refractivity contribution in [2.24, 2.45) is 11.8 Å². The fourth-order valence-corrected chi connectivity index (χ4v) is 0.668. The summed E-state index contributed by atoms with van der Waals surface area (Å²) in [6.45, 7) is 4.44. The van der Waals surface area contributed by atoms with Crippen LogP contribution in [-0.2, 0) is 0 Å². The van der Waals surface area contributed by atoms with Crippen LogP contribution in [0.25, 0.3) is 0 Å². The van der Waals surface area contributed by atoms with Crippen molar-refractivity contribution in [1.82, 2.24) is 0 Å². The second kappa shape index (κ2) is 2.34. The van der Waals surface area contributed by atoms with Crippen LogP contribution in [0.15, 0.2) is 12.2 Å². The third-order valence-electron chi connectivity index (χ3n) is 1.39. The Morgan fingerprint density at radius 3 is 2.38 bits per heavy atom. The zero-order valence-electron chi connectivity index (χ0n) is 5.72. The molecule has 0 heterocycles. The van der Waals surface area contributed by atoms with Gasteiger partial charge in [-0.05, 0) is 24.7 Å². The molecule has 1 saturated carbocycles. The Kier molecular flexibility index (Phi) is 1.72. The molecule has 8 heavy (non-hydrogen) atoms. The second-order valence-electron chi connectivity index (χ2n) is 2.97. The summed E-state index contributed by atoms with van der Waals surface area (Å²) in [6, 6.07) is 0. The van der Waals surface area contributed by atoms with Gasteiger partial charge in [0.05, 0.1) is 0 Å². The fraction of sp³-hybridized carbons (Fsp3) is 0.750. The monoisotopic (exact) mass is 110 g/mol. The van der Waals surface area contributed by atoms with Gasteiger partial charge >= 0.3 is 0 Å². The van der Waals surface area contributed by atoms with Gasteiger partial charge in [0.25, 0.3) is 0 Å². The first-order chi connectivity index (χ1) is 3.79. The molecule has 0 N–H and O–H groups in total. The largest absolute Gasteiger partial charge is 0.0857 e. The van der Waals surface area contributed by atoms with Crippen molar-refractivity contribution in [3.63, 3.8) is 0 Å². The van der Waals surface area contributed by atoms with E-state index >= 15 is 0 Å². The third-order valence-corrected chi connectivity index (χ3v) is 1.39. The summed E-state index contributed by atoms with van der Waals surface area (Å²) >= 11 is 0.